The summed E-state index contributed by atoms with van der Waals surface area (Å²) < 4.78 is 0.709. The molecule has 7 heteroatoms. The lowest BCUT2D eigenvalue weighted by atomic mass is 9.75. The number of amides is 3. The van der Waals surface area contributed by atoms with E-state index >= 15 is 0 Å². The lowest BCUT2D eigenvalue weighted by Gasteiger charge is -2.37. The Kier molecular flexibility index (Phi) is 4.24. The molecule has 4 aliphatic rings. The van der Waals surface area contributed by atoms with Gasteiger partial charge in [0.15, 0.2) is 0 Å². The van der Waals surface area contributed by atoms with Crippen LogP contribution in [0.1, 0.15) is 36.5 Å². The van der Waals surface area contributed by atoms with Crippen LogP contribution in [0.5, 0.6) is 0 Å². The molecule has 2 aromatic carbocycles. The third-order valence-corrected chi connectivity index (χ3v) is 8.44. The fourth-order valence-electron chi connectivity index (χ4n) is 6.50. The van der Waals surface area contributed by atoms with Crippen LogP contribution in [-0.4, -0.2) is 35.2 Å². The fourth-order valence-corrected chi connectivity index (χ4v) is 7.17. The van der Waals surface area contributed by atoms with E-state index < -0.39 is 17.4 Å². The summed E-state index contributed by atoms with van der Waals surface area (Å²) in [6.07, 6.45) is 2.58. The highest BCUT2D eigenvalue weighted by Gasteiger charge is 2.74. The Hall–Kier alpha value is -2.51. The number of fused-ring (bicyclic) bond motifs is 7. The average molecular weight is 494 g/mol. The van der Waals surface area contributed by atoms with Crippen molar-refractivity contribution in [2.24, 2.45) is 11.8 Å². The van der Waals surface area contributed by atoms with Crippen molar-refractivity contribution < 1.29 is 14.4 Å². The summed E-state index contributed by atoms with van der Waals surface area (Å²) in [5, 5.41) is 3.04. The second kappa shape index (κ2) is 6.75. The van der Waals surface area contributed by atoms with Gasteiger partial charge in [-0.3, -0.25) is 19.3 Å². The second-order valence-corrected chi connectivity index (χ2v) is 10.2. The monoisotopic (exact) mass is 493 g/mol. The number of aryl methyl sites for hydroxylation is 2. The number of carbonyl (C=O) groups is 3. The topological polar surface area (TPSA) is 69.7 Å². The largest absolute Gasteiger partial charge is 0.324 e. The number of rotatable bonds is 2. The first kappa shape index (κ1) is 20.1. The Balaban J connectivity index is 1.56. The SMILES string of the molecule is CCc1ccc2c(c1)[C@]1(C(=O)N2)[C@@H]2C(=O)N(c3ccc(C)cc3Br)C(=O)[C@@H]2[C@@H]2CCCN21. The van der Waals surface area contributed by atoms with E-state index in [2.05, 4.69) is 39.1 Å². The minimum atomic E-state index is -1.12. The zero-order valence-electron chi connectivity index (χ0n) is 18.0. The molecule has 32 heavy (non-hydrogen) atoms. The fraction of sp³-hybridized carbons (Fsp3) is 0.400. The Morgan fingerprint density at radius 2 is 1.94 bits per heavy atom. The molecule has 2 aromatic rings. The van der Waals surface area contributed by atoms with Crippen molar-refractivity contribution in [1.29, 1.82) is 0 Å². The minimum absolute atomic E-state index is 0.104. The smallest absolute Gasteiger partial charge is 0.250 e. The molecular weight excluding hydrogens is 470 g/mol. The number of halogens is 1. The first-order chi connectivity index (χ1) is 15.4. The number of nitrogens with zero attached hydrogens (tertiary/aromatic N) is 2. The van der Waals surface area contributed by atoms with E-state index in [4.69, 9.17) is 0 Å². The van der Waals surface area contributed by atoms with Gasteiger partial charge in [0.2, 0.25) is 17.7 Å². The van der Waals surface area contributed by atoms with E-state index in [-0.39, 0.29) is 23.8 Å². The molecule has 0 unspecified atom stereocenters. The first-order valence-electron chi connectivity index (χ1n) is 11.2. The van der Waals surface area contributed by atoms with Crippen molar-refractivity contribution in [3.05, 3.63) is 57.6 Å². The van der Waals surface area contributed by atoms with E-state index in [9.17, 15) is 14.4 Å². The van der Waals surface area contributed by atoms with Gasteiger partial charge in [-0.2, -0.15) is 0 Å². The molecule has 0 bridgehead atoms. The normalized spacial score (nSPS) is 30.8. The van der Waals surface area contributed by atoms with Crippen LogP contribution in [0.3, 0.4) is 0 Å². The van der Waals surface area contributed by atoms with E-state index in [1.165, 1.54) is 4.90 Å². The number of benzene rings is 2. The van der Waals surface area contributed by atoms with E-state index in [0.717, 1.165) is 48.2 Å². The molecule has 3 saturated heterocycles. The van der Waals surface area contributed by atoms with Gasteiger partial charge in [-0.05, 0) is 78.0 Å². The number of anilines is 2. The van der Waals surface area contributed by atoms with Crippen LogP contribution in [0, 0.1) is 18.8 Å². The third-order valence-electron chi connectivity index (χ3n) is 7.81. The van der Waals surface area contributed by atoms with Gasteiger partial charge >= 0.3 is 0 Å². The van der Waals surface area contributed by atoms with Crippen molar-refractivity contribution in [3.8, 4) is 0 Å². The van der Waals surface area contributed by atoms with Gasteiger partial charge in [-0.25, -0.2) is 4.90 Å². The predicted octanol–water partition coefficient (Wildman–Crippen LogP) is 3.75. The Labute approximate surface area is 195 Å². The van der Waals surface area contributed by atoms with E-state index in [1.807, 2.05) is 37.3 Å². The van der Waals surface area contributed by atoms with Gasteiger partial charge < -0.3 is 5.32 Å². The summed E-state index contributed by atoms with van der Waals surface area (Å²) in [5.41, 5.74) is 3.20. The van der Waals surface area contributed by atoms with Crippen LogP contribution in [-0.2, 0) is 26.3 Å². The quantitative estimate of drug-likeness (QED) is 0.646. The van der Waals surface area contributed by atoms with Crippen LogP contribution in [0.2, 0.25) is 0 Å². The Bertz CT molecular complexity index is 1210. The molecule has 4 aliphatic heterocycles. The molecule has 3 amide bonds. The molecule has 0 radical (unpaired) electrons. The third kappa shape index (κ3) is 2.30. The van der Waals surface area contributed by atoms with Gasteiger partial charge in [0.25, 0.3) is 0 Å². The van der Waals surface area contributed by atoms with Gasteiger partial charge in [0, 0.05) is 21.8 Å². The zero-order chi connectivity index (χ0) is 22.4. The zero-order valence-corrected chi connectivity index (χ0v) is 19.6. The summed E-state index contributed by atoms with van der Waals surface area (Å²) >= 11 is 3.54. The van der Waals surface area contributed by atoms with Crippen molar-refractivity contribution >= 4 is 45.0 Å². The molecule has 1 spiro atoms. The minimum Gasteiger partial charge on any atom is -0.324 e. The highest BCUT2D eigenvalue weighted by Crippen LogP contribution is 2.61. The Morgan fingerprint density at radius 3 is 2.69 bits per heavy atom. The summed E-state index contributed by atoms with van der Waals surface area (Å²) in [5.74, 6) is -1.87. The molecule has 6 rings (SSSR count). The maximum absolute atomic E-state index is 14.0. The summed E-state index contributed by atoms with van der Waals surface area (Å²) in [6, 6.07) is 11.5. The van der Waals surface area contributed by atoms with Gasteiger partial charge in [-0.1, -0.05) is 25.1 Å². The van der Waals surface area contributed by atoms with Crippen LogP contribution in [0.15, 0.2) is 40.9 Å². The van der Waals surface area contributed by atoms with Gasteiger partial charge in [-0.15, -0.1) is 0 Å². The number of imide groups is 1. The van der Waals surface area contributed by atoms with Crippen molar-refractivity contribution in [2.45, 2.75) is 44.7 Å². The van der Waals surface area contributed by atoms with Crippen LogP contribution in [0.25, 0.3) is 0 Å². The predicted molar refractivity (Wildman–Crippen MR) is 124 cm³/mol. The molecule has 1 N–H and O–H groups in total. The molecule has 164 valence electrons. The van der Waals surface area contributed by atoms with Gasteiger partial charge in [0.05, 0.1) is 17.5 Å². The highest BCUT2D eigenvalue weighted by molar-refractivity contribution is 9.10. The lowest BCUT2D eigenvalue weighted by Crippen LogP contribution is -2.54. The molecule has 4 heterocycles. The Morgan fingerprint density at radius 1 is 1.12 bits per heavy atom. The molecular formula is C25H24BrN3O3. The second-order valence-electron chi connectivity index (χ2n) is 9.33. The molecule has 0 aromatic heterocycles. The van der Waals surface area contributed by atoms with Crippen LogP contribution >= 0.6 is 15.9 Å². The molecule has 0 saturated carbocycles. The number of carbonyl (C=O) groups excluding carboxylic acids is 3. The highest BCUT2D eigenvalue weighted by atomic mass is 79.9. The summed E-state index contributed by atoms with van der Waals surface area (Å²) in [7, 11) is 0. The number of hydrogen-bond donors (Lipinski definition) is 1. The summed E-state index contributed by atoms with van der Waals surface area (Å²) in [6.45, 7) is 4.76. The lowest BCUT2D eigenvalue weighted by molar-refractivity contribution is -0.135. The average Bonchev–Trinajstić information content (AvgIpc) is 3.47. The molecule has 4 atom stereocenters. The van der Waals surface area contributed by atoms with Crippen molar-refractivity contribution in [1.82, 2.24) is 4.90 Å². The van der Waals surface area contributed by atoms with Crippen LogP contribution < -0.4 is 10.2 Å². The first-order valence-corrected chi connectivity index (χ1v) is 12.0. The maximum atomic E-state index is 14.0. The molecule has 3 fully saturated rings. The van der Waals surface area contributed by atoms with E-state index in [0.29, 0.717) is 10.2 Å². The van der Waals surface area contributed by atoms with Gasteiger partial charge in [0.1, 0.15) is 5.54 Å². The summed E-state index contributed by atoms with van der Waals surface area (Å²) in [4.78, 5) is 45.0. The number of hydrogen-bond acceptors (Lipinski definition) is 4. The maximum Gasteiger partial charge on any atom is 0.250 e. The molecule has 0 aliphatic carbocycles. The van der Waals surface area contributed by atoms with E-state index in [1.54, 1.807) is 0 Å². The number of nitrogens with one attached hydrogen (secondary N) is 1. The van der Waals surface area contributed by atoms with Crippen LogP contribution in [0.4, 0.5) is 11.4 Å². The van der Waals surface area contributed by atoms with Crippen molar-refractivity contribution in [3.63, 3.8) is 0 Å². The van der Waals surface area contributed by atoms with Crippen molar-refractivity contribution in [2.75, 3.05) is 16.8 Å². The molecule has 6 nitrogen and oxygen atoms in total. The standard InChI is InChI=1S/C25H24BrN3O3/c1-3-14-7-8-17-15(12-14)25(24(32)27-17)21-20(19-5-4-10-28(19)25)22(30)29(23(21)31)18-9-6-13(2)11-16(18)26/h6-9,11-12,19-21H,3-5,10H2,1-2H3,(H,27,32)/t19-,20+,21-,25+/m0/s1.